The highest BCUT2D eigenvalue weighted by atomic mass is 16.5. The van der Waals surface area contributed by atoms with Gasteiger partial charge in [0.2, 0.25) is 0 Å². The average molecular weight is 212 g/mol. The molecule has 1 aromatic heterocycles. The van der Waals surface area contributed by atoms with Crippen molar-refractivity contribution in [2.75, 3.05) is 13.7 Å². The zero-order valence-electron chi connectivity index (χ0n) is 9.68. The molecule has 0 aliphatic rings. The Balaban J connectivity index is 2.52. The first-order chi connectivity index (χ1) is 7.17. The first kappa shape index (κ1) is 12.2. The zero-order chi connectivity index (χ0) is 11.3. The minimum atomic E-state index is -0.463. The van der Waals surface area contributed by atoms with Gasteiger partial charge in [-0.3, -0.25) is 4.68 Å². The summed E-state index contributed by atoms with van der Waals surface area (Å²) in [6.07, 6.45) is 3.11. The van der Waals surface area contributed by atoms with Crippen LogP contribution in [0.1, 0.15) is 32.0 Å². The Morgan fingerprint density at radius 1 is 1.60 bits per heavy atom. The van der Waals surface area contributed by atoms with Gasteiger partial charge in [0.25, 0.3) is 0 Å². The van der Waals surface area contributed by atoms with Gasteiger partial charge >= 0.3 is 0 Å². The first-order valence-electron chi connectivity index (χ1n) is 5.38. The third-order valence-corrected chi connectivity index (χ3v) is 2.51. The van der Waals surface area contributed by atoms with Gasteiger partial charge in [-0.2, -0.15) is 5.10 Å². The lowest BCUT2D eigenvalue weighted by Gasteiger charge is -2.09. The number of aliphatic hydroxyl groups excluding tert-OH is 1. The molecule has 4 nitrogen and oxygen atoms in total. The van der Waals surface area contributed by atoms with E-state index < -0.39 is 6.10 Å². The summed E-state index contributed by atoms with van der Waals surface area (Å²) in [6, 6.07) is 2.36. The maximum atomic E-state index is 9.53. The van der Waals surface area contributed by atoms with Gasteiger partial charge in [0.05, 0.1) is 18.4 Å². The zero-order valence-corrected chi connectivity index (χ0v) is 9.68. The predicted molar refractivity (Wildman–Crippen MR) is 58.8 cm³/mol. The summed E-state index contributed by atoms with van der Waals surface area (Å²) in [4.78, 5) is 0. The van der Waals surface area contributed by atoms with Crippen LogP contribution in [0.15, 0.2) is 12.3 Å². The molecule has 86 valence electrons. The van der Waals surface area contributed by atoms with E-state index >= 15 is 0 Å². The van der Waals surface area contributed by atoms with E-state index in [1.54, 1.807) is 7.11 Å². The number of rotatable bonds is 6. The Bertz CT molecular complexity index is 286. The van der Waals surface area contributed by atoms with Crippen molar-refractivity contribution in [1.29, 1.82) is 0 Å². The number of nitrogens with zero attached hydrogens (tertiary/aromatic N) is 2. The minimum Gasteiger partial charge on any atom is -0.390 e. The molecule has 1 N–H and O–H groups in total. The molecule has 0 aromatic carbocycles. The number of hydrogen-bond acceptors (Lipinski definition) is 3. The van der Waals surface area contributed by atoms with E-state index in [1.807, 2.05) is 16.9 Å². The van der Waals surface area contributed by atoms with Crippen molar-refractivity contribution in [2.24, 2.45) is 0 Å². The molecule has 0 fully saturated rings. The molecule has 0 saturated carbocycles. The second-order valence-electron chi connectivity index (χ2n) is 3.86. The molecule has 1 rings (SSSR count). The summed E-state index contributed by atoms with van der Waals surface area (Å²) in [6.45, 7) is 4.62. The Kier molecular flexibility index (Phi) is 4.78. The summed E-state index contributed by atoms with van der Waals surface area (Å²) >= 11 is 0. The molecule has 2 unspecified atom stereocenters. The van der Waals surface area contributed by atoms with E-state index in [9.17, 15) is 5.11 Å². The van der Waals surface area contributed by atoms with Crippen LogP contribution in [-0.4, -0.2) is 34.7 Å². The highest BCUT2D eigenvalue weighted by Crippen LogP contribution is 2.10. The van der Waals surface area contributed by atoms with Crippen LogP contribution >= 0.6 is 0 Å². The van der Waals surface area contributed by atoms with Crippen LogP contribution < -0.4 is 0 Å². The highest BCUT2D eigenvalue weighted by Gasteiger charge is 2.09. The number of aromatic nitrogens is 2. The molecule has 0 saturated heterocycles. The minimum absolute atomic E-state index is 0.357. The quantitative estimate of drug-likeness (QED) is 0.775. The summed E-state index contributed by atoms with van der Waals surface area (Å²) in [7, 11) is 1.58. The van der Waals surface area contributed by atoms with Crippen LogP contribution in [0.4, 0.5) is 0 Å². The molecule has 0 bridgehead atoms. The van der Waals surface area contributed by atoms with Crippen molar-refractivity contribution >= 4 is 0 Å². The van der Waals surface area contributed by atoms with Gasteiger partial charge in [0.15, 0.2) is 0 Å². The third kappa shape index (κ3) is 3.64. The Morgan fingerprint density at radius 2 is 2.33 bits per heavy atom. The number of aliphatic hydroxyl groups is 1. The van der Waals surface area contributed by atoms with Gasteiger partial charge in [-0.15, -0.1) is 0 Å². The fourth-order valence-electron chi connectivity index (χ4n) is 1.41. The van der Waals surface area contributed by atoms with E-state index in [4.69, 9.17) is 4.74 Å². The molecule has 0 spiro atoms. The van der Waals surface area contributed by atoms with Gasteiger partial charge in [-0.1, -0.05) is 6.92 Å². The molecule has 4 heteroatoms. The maximum Gasteiger partial charge on any atom is 0.0829 e. The molecule has 1 heterocycles. The Morgan fingerprint density at radius 3 is 2.93 bits per heavy atom. The van der Waals surface area contributed by atoms with Gasteiger partial charge in [0, 0.05) is 25.8 Å². The van der Waals surface area contributed by atoms with E-state index in [2.05, 4.69) is 18.9 Å². The van der Waals surface area contributed by atoms with Crippen molar-refractivity contribution in [1.82, 2.24) is 9.78 Å². The van der Waals surface area contributed by atoms with Crippen molar-refractivity contribution in [2.45, 2.75) is 38.8 Å². The monoisotopic (exact) mass is 212 g/mol. The van der Waals surface area contributed by atoms with Crippen molar-refractivity contribution in [3.05, 3.63) is 18.0 Å². The summed E-state index contributed by atoms with van der Waals surface area (Å²) in [5, 5.41) is 13.9. The first-order valence-corrected chi connectivity index (χ1v) is 5.38. The highest BCUT2D eigenvalue weighted by molar-refractivity contribution is 5.01. The van der Waals surface area contributed by atoms with Gasteiger partial charge in [0.1, 0.15) is 0 Å². The Hall–Kier alpha value is -0.870. The van der Waals surface area contributed by atoms with Gasteiger partial charge in [-0.25, -0.2) is 0 Å². The topological polar surface area (TPSA) is 47.3 Å². The summed E-state index contributed by atoms with van der Waals surface area (Å²) in [5.41, 5.74) is 0.917. The van der Waals surface area contributed by atoms with Crippen molar-refractivity contribution < 1.29 is 9.84 Å². The fraction of sp³-hybridized carbons (Fsp3) is 0.727. The second kappa shape index (κ2) is 5.88. The Labute approximate surface area is 90.9 Å². The summed E-state index contributed by atoms with van der Waals surface area (Å²) in [5.74, 6) is 0. The molecular formula is C11H20N2O2. The molecule has 2 atom stereocenters. The molecule has 0 radical (unpaired) electrons. The largest absolute Gasteiger partial charge is 0.390 e. The lowest BCUT2D eigenvalue weighted by Crippen LogP contribution is -2.17. The molecule has 15 heavy (non-hydrogen) atoms. The van der Waals surface area contributed by atoms with Crippen LogP contribution in [0.5, 0.6) is 0 Å². The molecule has 0 amide bonds. The van der Waals surface area contributed by atoms with Crippen LogP contribution in [0.25, 0.3) is 0 Å². The van der Waals surface area contributed by atoms with Crippen LogP contribution in [0, 0.1) is 0 Å². The summed E-state index contributed by atoms with van der Waals surface area (Å²) < 4.78 is 6.81. The molecule has 1 aromatic rings. The fourth-order valence-corrected chi connectivity index (χ4v) is 1.41. The van der Waals surface area contributed by atoms with E-state index in [1.165, 1.54) is 0 Å². The average Bonchev–Trinajstić information content (AvgIpc) is 2.65. The van der Waals surface area contributed by atoms with Crippen LogP contribution in [-0.2, 0) is 11.2 Å². The van der Waals surface area contributed by atoms with E-state index in [-0.39, 0.29) is 0 Å². The number of methoxy groups -OCH3 is 1. The molecule has 0 aliphatic heterocycles. The SMILES string of the molecule is CCC(C)n1ccc(CC(O)COC)n1. The van der Waals surface area contributed by atoms with Gasteiger partial charge in [-0.05, 0) is 19.4 Å². The predicted octanol–water partition coefficient (Wildman–Crippen LogP) is 1.40. The van der Waals surface area contributed by atoms with Crippen molar-refractivity contribution in [3.63, 3.8) is 0 Å². The number of hydrogen-bond donors (Lipinski definition) is 1. The molecular weight excluding hydrogens is 192 g/mol. The maximum absolute atomic E-state index is 9.53. The third-order valence-electron chi connectivity index (χ3n) is 2.51. The second-order valence-corrected chi connectivity index (χ2v) is 3.86. The van der Waals surface area contributed by atoms with E-state index in [0.717, 1.165) is 12.1 Å². The van der Waals surface area contributed by atoms with Crippen LogP contribution in [0.2, 0.25) is 0 Å². The van der Waals surface area contributed by atoms with Gasteiger partial charge < -0.3 is 9.84 Å². The lowest BCUT2D eigenvalue weighted by atomic mass is 10.2. The van der Waals surface area contributed by atoms with E-state index in [0.29, 0.717) is 19.1 Å². The van der Waals surface area contributed by atoms with Crippen molar-refractivity contribution in [3.8, 4) is 0 Å². The standard InChI is InChI=1S/C11H20N2O2/c1-4-9(2)13-6-5-10(12-13)7-11(14)8-15-3/h5-6,9,11,14H,4,7-8H2,1-3H3. The normalized spacial score (nSPS) is 15.2. The number of ether oxygens (including phenoxy) is 1. The smallest absolute Gasteiger partial charge is 0.0829 e. The van der Waals surface area contributed by atoms with Crippen LogP contribution in [0.3, 0.4) is 0 Å². The molecule has 0 aliphatic carbocycles. The lowest BCUT2D eigenvalue weighted by molar-refractivity contribution is 0.0643.